The van der Waals surface area contributed by atoms with E-state index in [1.54, 1.807) is 59.2 Å². The lowest BCUT2D eigenvalue weighted by molar-refractivity contribution is -0.161. The fourth-order valence-electron chi connectivity index (χ4n) is 3.43. The summed E-state index contributed by atoms with van der Waals surface area (Å²) < 4.78 is 10.8. The molecule has 2 aliphatic rings. The number of nitrogens with one attached hydrogen (secondary N) is 1. The summed E-state index contributed by atoms with van der Waals surface area (Å²) in [5, 5.41) is 11.1. The minimum absolute atomic E-state index is 0.208. The molecule has 0 saturated carbocycles. The van der Waals surface area contributed by atoms with Crippen LogP contribution in [0.3, 0.4) is 0 Å². The van der Waals surface area contributed by atoms with Gasteiger partial charge in [-0.3, -0.25) is 9.69 Å². The van der Waals surface area contributed by atoms with Crippen LogP contribution < -0.4 is 5.32 Å². The first-order valence-corrected chi connectivity index (χ1v) is 11.0. The molecule has 2 atom stereocenters. The first kappa shape index (κ1) is 22.9. The molecule has 1 saturated heterocycles. The van der Waals surface area contributed by atoms with Gasteiger partial charge in [0.25, 0.3) is 5.91 Å². The Morgan fingerprint density at radius 1 is 1.16 bits per heavy atom. The number of nitrogens with zero attached hydrogens (tertiary/aromatic N) is 3. The second-order valence-corrected chi connectivity index (χ2v) is 10.3. The molecular weight excluding hydrogens is 420 g/mol. The van der Waals surface area contributed by atoms with Gasteiger partial charge in [-0.15, -0.1) is 21.5 Å². The molecule has 1 aromatic heterocycles. The van der Waals surface area contributed by atoms with Crippen molar-refractivity contribution in [3.63, 3.8) is 0 Å². The quantitative estimate of drug-likeness (QED) is 0.557. The highest BCUT2D eigenvalue weighted by molar-refractivity contribution is 7.10. The van der Waals surface area contributed by atoms with Gasteiger partial charge in [-0.2, -0.15) is 0 Å². The van der Waals surface area contributed by atoms with Crippen LogP contribution in [-0.4, -0.2) is 56.4 Å². The van der Waals surface area contributed by atoms with E-state index in [0.717, 1.165) is 0 Å². The summed E-state index contributed by atoms with van der Waals surface area (Å²) in [5.74, 6) is -0.934. The van der Waals surface area contributed by atoms with Crippen molar-refractivity contribution in [1.82, 2.24) is 20.4 Å². The maximum atomic E-state index is 13.0. The number of aromatic nitrogens is 2. The highest BCUT2D eigenvalue weighted by Crippen LogP contribution is 2.38. The van der Waals surface area contributed by atoms with Crippen LogP contribution in [0.1, 0.15) is 59.4 Å². The summed E-state index contributed by atoms with van der Waals surface area (Å²) in [7, 11) is 0. The van der Waals surface area contributed by atoms with E-state index >= 15 is 0 Å². The number of ether oxygens (including phenoxy) is 2. The zero-order chi connectivity index (χ0) is 23.0. The summed E-state index contributed by atoms with van der Waals surface area (Å²) in [5.41, 5.74) is 1.12. The molecule has 0 unspecified atom stereocenters. The average molecular weight is 449 g/mol. The number of carbonyl (C=O) groups is 3. The average Bonchev–Trinajstić information content (AvgIpc) is 3.14. The summed E-state index contributed by atoms with van der Waals surface area (Å²) in [6.07, 6.45) is 4.02. The van der Waals surface area contributed by atoms with Gasteiger partial charge in [0.05, 0.1) is 6.04 Å². The Morgan fingerprint density at radius 2 is 1.84 bits per heavy atom. The van der Waals surface area contributed by atoms with Crippen molar-refractivity contribution >= 4 is 35.4 Å². The molecule has 0 aromatic carbocycles. The third kappa shape index (κ3) is 5.49. The zero-order valence-electron chi connectivity index (χ0n) is 18.6. The molecule has 168 valence electrons. The highest BCUT2D eigenvalue weighted by Gasteiger charge is 2.54. The lowest BCUT2D eigenvalue weighted by Gasteiger charge is -2.50. The van der Waals surface area contributed by atoms with Crippen LogP contribution in [0.15, 0.2) is 22.9 Å². The Balaban J connectivity index is 1.85. The van der Waals surface area contributed by atoms with E-state index < -0.39 is 29.3 Å². The molecule has 3 heterocycles. The highest BCUT2D eigenvalue weighted by atomic mass is 32.1. The van der Waals surface area contributed by atoms with Crippen LogP contribution in [0.5, 0.6) is 0 Å². The molecule has 1 fully saturated rings. The number of fused-ring (bicyclic) bond motifs is 1. The zero-order valence-corrected chi connectivity index (χ0v) is 19.4. The topological polar surface area (TPSA) is 111 Å². The fraction of sp³-hybridized carbons (Fsp3) is 0.571. The van der Waals surface area contributed by atoms with Crippen molar-refractivity contribution in [2.75, 3.05) is 0 Å². The van der Waals surface area contributed by atoms with Gasteiger partial charge < -0.3 is 14.8 Å². The maximum Gasteiger partial charge on any atom is 0.408 e. The summed E-state index contributed by atoms with van der Waals surface area (Å²) in [6, 6.07) is -1.07. The van der Waals surface area contributed by atoms with Crippen LogP contribution in [0, 0.1) is 0 Å². The number of esters is 1. The fourth-order valence-corrected chi connectivity index (χ4v) is 3.87. The second kappa shape index (κ2) is 8.41. The molecule has 10 heteroatoms. The SMILES string of the molecule is CC(C)(C)OC(=O)N[C@@H]1C(=O)N2C(C(=O)OC(C)(C)C)=C(/C=C\c3nncs3)CC[C@H]12. The lowest BCUT2D eigenvalue weighted by atomic mass is 9.83. The molecule has 31 heavy (non-hydrogen) atoms. The van der Waals surface area contributed by atoms with Crippen LogP contribution >= 0.6 is 11.3 Å². The van der Waals surface area contributed by atoms with Crippen molar-refractivity contribution in [2.24, 2.45) is 0 Å². The largest absolute Gasteiger partial charge is 0.455 e. The Hall–Kier alpha value is -2.75. The molecule has 2 amide bonds. The molecule has 2 aliphatic heterocycles. The summed E-state index contributed by atoms with van der Waals surface area (Å²) in [4.78, 5) is 39.5. The minimum atomic E-state index is -0.735. The van der Waals surface area contributed by atoms with E-state index in [-0.39, 0.29) is 17.6 Å². The van der Waals surface area contributed by atoms with Crippen molar-refractivity contribution in [1.29, 1.82) is 0 Å². The van der Waals surface area contributed by atoms with Gasteiger partial charge in [-0.1, -0.05) is 6.08 Å². The van der Waals surface area contributed by atoms with Crippen molar-refractivity contribution in [3.8, 4) is 0 Å². The van der Waals surface area contributed by atoms with Crippen LogP contribution in [-0.2, 0) is 19.1 Å². The predicted octanol–water partition coefficient (Wildman–Crippen LogP) is 3.05. The van der Waals surface area contributed by atoms with Gasteiger partial charge >= 0.3 is 12.1 Å². The van der Waals surface area contributed by atoms with Crippen LogP contribution in [0.25, 0.3) is 6.08 Å². The van der Waals surface area contributed by atoms with Crippen molar-refractivity contribution < 1.29 is 23.9 Å². The smallest absolute Gasteiger partial charge is 0.408 e. The van der Waals surface area contributed by atoms with Crippen LogP contribution in [0.4, 0.5) is 4.79 Å². The number of β-lactam (4-membered cyclic amide) rings is 1. The van der Waals surface area contributed by atoms with Crippen LogP contribution in [0.2, 0.25) is 0 Å². The standard InChI is InChI=1S/C21H28N4O5S/c1-20(2,3)29-18(27)16-12(8-10-14-24-22-11-31-14)7-9-13-15(17(26)25(13)16)23-19(28)30-21(4,5)6/h8,10-11,13,15H,7,9H2,1-6H3,(H,23,28)/b10-8-/t13-,15+/m1/s1. The number of alkyl carbamates (subject to hydrolysis) is 1. The normalized spacial score (nSPS) is 21.6. The Morgan fingerprint density at radius 3 is 2.42 bits per heavy atom. The Bertz CT molecular complexity index is 925. The molecule has 0 spiro atoms. The molecule has 0 aliphatic carbocycles. The van der Waals surface area contributed by atoms with E-state index in [2.05, 4.69) is 15.5 Å². The predicted molar refractivity (Wildman–Crippen MR) is 115 cm³/mol. The number of hydrogen-bond acceptors (Lipinski definition) is 8. The van der Waals surface area contributed by atoms with Gasteiger partial charge in [0, 0.05) is 0 Å². The molecule has 0 radical (unpaired) electrons. The van der Waals surface area contributed by atoms with Crippen molar-refractivity contribution in [3.05, 3.63) is 27.9 Å². The number of allylic oxidation sites excluding steroid dienone is 2. The van der Waals surface area contributed by atoms with Gasteiger partial charge in [0.1, 0.15) is 33.5 Å². The number of carbonyl (C=O) groups excluding carboxylic acids is 3. The first-order valence-electron chi connectivity index (χ1n) is 10.1. The Labute approximate surface area is 185 Å². The van der Waals surface area contributed by atoms with Gasteiger partial charge in [0.2, 0.25) is 0 Å². The van der Waals surface area contributed by atoms with E-state index in [1.165, 1.54) is 16.2 Å². The number of amides is 2. The van der Waals surface area contributed by atoms with Crippen molar-refractivity contribution in [2.45, 2.75) is 77.7 Å². The molecule has 3 rings (SSSR count). The van der Waals surface area contributed by atoms with E-state index in [4.69, 9.17) is 9.47 Å². The van der Waals surface area contributed by atoms with Gasteiger partial charge in [-0.25, -0.2) is 9.59 Å². The molecule has 9 nitrogen and oxygen atoms in total. The van der Waals surface area contributed by atoms with Gasteiger partial charge in [-0.05, 0) is 66.0 Å². The maximum absolute atomic E-state index is 13.0. The monoisotopic (exact) mass is 448 g/mol. The minimum Gasteiger partial charge on any atom is -0.455 e. The third-order valence-corrected chi connectivity index (χ3v) is 5.20. The first-order chi connectivity index (χ1) is 14.4. The molecule has 1 aromatic rings. The summed E-state index contributed by atoms with van der Waals surface area (Å²) in [6.45, 7) is 10.6. The second-order valence-electron chi connectivity index (χ2n) is 9.42. The van der Waals surface area contributed by atoms with E-state index in [1.807, 2.05) is 0 Å². The summed E-state index contributed by atoms with van der Waals surface area (Å²) >= 11 is 1.37. The molecule has 0 bridgehead atoms. The third-order valence-electron chi connectivity index (χ3n) is 4.54. The lowest BCUT2D eigenvalue weighted by Crippen LogP contribution is -2.72. The Kier molecular flexibility index (Phi) is 6.22. The van der Waals surface area contributed by atoms with E-state index in [0.29, 0.717) is 23.4 Å². The van der Waals surface area contributed by atoms with Gasteiger partial charge in [0.15, 0.2) is 0 Å². The molecular formula is C21H28N4O5S. The van der Waals surface area contributed by atoms with E-state index in [9.17, 15) is 14.4 Å². The number of hydrogen-bond donors (Lipinski definition) is 1. The number of rotatable bonds is 4. The molecule has 1 N–H and O–H groups in total.